The molecule has 0 aliphatic carbocycles. The predicted molar refractivity (Wildman–Crippen MR) is 84.1 cm³/mol. The van der Waals surface area contributed by atoms with Gasteiger partial charge in [-0.15, -0.1) is 0 Å². The first kappa shape index (κ1) is 15.1. The molecular weight excluding hydrogens is 270 g/mol. The van der Waals surface area contributed by atoms with Gasteiger partial charge in [-0.25, -0.2) is 0 Å². The quantitative estimate of drug-likeness (QED) is 0.849. The van der Waals surface area contributed by atoms with Gasteiger partial charge in [0.05, 0.1) is 0 Å². The highest BCUT2D eigenvalue weighted by molar-refractivity contribution is 6.30. The van der Waals surface area contributed by atoms with Crippen LogP contribution in [-0.2, 0) is 19.9 Å². The zero-order valence-electron chi connectivity index (χ0n) is 12.1. The molecule has 0 aliphatic rings. The lowest BCUT2D eigenvalue weighted by molar-refractivity contribution is 0.455. The molecule has 20 heavy (non-hydrogen) atoms. The molecular formula is C16H22ClN3. The number of nitrogens with zero attached hydrogens (tertiary/aromatic N) is 2. The molecule has 108 valence electrons. The van der Waals surface area contributed by atoms with Gasteiger partial charge in [-0.2, -0.15) is 5.10 Å². The van der Waals surface area contributed by atoms with Crippen LogP contribution in [0.25, 0.3) is 0 Å². The van der Waals surface area contributed by atoms with Crippen LogP contribution in [0.4, 0.5) is 0 Å². The number of hydrogen-bond donors (Lipinski definition) is 1. The first-order valence-corrected chi connectivity index (χ1v) is 7.42. The third-order valence-electron chi connectivity index (χ3n) is 3.64. The van der Waals surface area contributed by atoms with Crippen LogP contribution < -0.4 is 5.32 Å². The van der Waals surface area contributed by atoms with Crippen molar-refractivity contribution in [2.24, 2.45) is 13.0 Å². The van der Waals surface area contributed by atoms with E-state index in [9.17, 15) is 0 Å². The second-order valence-electron chi connectivity index (χ2n) is 5.24. The van der Waals surface area contributed by atoms with Crippen LogP contribution in [0.3, 0.4) is 0 Å². The van der Waals surface area contributed by atoms with Crippen LogP contribution in [-0.4, -0.2) is 23.4 Å². The lowest BCUT2D eigenvalue weighted by atomic mass is 9.94. The van der Waals surface area contributed by atoms with E-state index in [-0.39, 0.29) is 0 Å². The summed E-state index contributed by atoms with van der Waals surface area (Å²) < 4.78 is 1.95. The Morgan fingerprint density at radius 3 is 2.85 bits per heavy atom. The van der Waals surface area contributed by atoms with E-state index in [4.69, 9.17) is 11.6 Å². The lowest BCUT2D eigenvalue weighted by Crippen LogP contribution is -2.21. The highest BCUT2D eigenvalue weighted by atomic mass is 35.5. The van der Waals surface area contributed by atoms with E-state index < -0.39 is 0 Å². The molecule has 0 bridgehead atoms. The Balaban J connectivity index is 1.95. The van der Waals surface area contributed by atoms with Crippen LogP contribution in [0.5, 0.6) is 0 Å². The third kappa shape index (κ3) is 4.36. The van der Waals surface area contributed by atoms with E-state index in [1.54, 1.807) is 0 Å². The molecule has 0 saturated heterocycles. The third-order valence-corrected chi connectivity index (χ3v) is 3.87. The number of rotatable bonds is 7. The summed E-state index contributed by atoms with van der Waals surface area (Å²) in [6, 6.07) is 10.3. The molecule has 2 aromatic rings. The maximum atomic E-state index is 6.06. The molecule has 4 heteroatoms. The van der Waals surface area contributed by atoms with Crippen molar-refractivity contribution in [1.82, 2.24) is 15.1 Å². The van der Waals surface area contributed by atoms with Crippen molar-refractivity contribution in [1.29, 1.82) is 0 Å². The van der Waals surface area contributed by atoms with Gasteiger partial charge >= 0.3 is 0 Å². The molecule has 1 aromatic carbocycles. The van der Waals surface area contributed by atoms with Crippen molar-refractivity contribution in [3.63, 3.8) is 0 Å². The Morgan fingerprint density at radius 2 is 2.20 bits per heavy atom. The summed E-state index contributed by atoms with van der Waals surface area (Å²) in [7, 11) is 4.01. The van der Waals surface area contributed by atoms with E-state index in [1.807, 2.05) is 37.1 Å². The highest BCUT2D eigenvalue weighted by Gasteiger charge is 2.11. The molecule has 2 rings (SSSR count). The van der Waals surface area contributed by atoms with Crippen molar-refractivity contribution in [3.8, 4) is 0 Å². The van der Waals surface area contributed by atoms with Gasteiger partial charge in [0.1, 0.15) is 0 Å². The average Bonchev–Trinajstić information content (AvgIpc) is 2.82. The van der Waals surface area contributed by atoms with Crippen molar-refractivity contribution < 1.29 is 0 Å². The Morgan fingerprint density at radius 1 is 1.35 bits per heavy atom. The molecule has 0 fully saturated rings. The average molecular weight is 292 g/mol. The minimum atomic E-state index is 0.605. The normalized spacial score (nSPS) is 12.6. The van der Waals surface area contributed by atoms with Gasteiger partial charge in [0.25, 0.3) is 0 Å². The van der Waals surface area contributed by atoms with Crippen molar-refractivity contribution >= 4 is 11.6 Å². The van der Waals surface area contributed by atoms with Crippen LogP contribution in [0.2, 0.25) is 5.02 Å². The summed E-state index contributed by atoms with van der Waals surface area (Å²) in [5.74, 6) is 0.605. The summed E-state index contributed by atoms with van der Waals surface area (Å²) >= 11 is 6.06. The van der Waals surface area contributed by atoms with E-state index in [2.05, 4.69) is 28.6 Å². The highest BCUT2D eigenvalue weighted by Crippen LogP contribution is 2.18. The van der Waals surface area contributed by atoms with Gasteiger partial charge in [-0.05, 0) is 62.5 Å². The van der Waals surface area contributed by atoms with Crippen LogP contribution in [0, 0.1) is 5.92 Å². The molecule has 0 aliphatic heterocycles. The van der Waals surface area contributed by atoms with Gasteiger partial charge in [0.15, 0.2) is 0 Å². The molecule has 1 aromatic heterocycles. The predicted octanol–water partition coefficient (Wildman–Crippen LogP) is 3.08. The summed E-state index contributed by atoms with van der Waals surface area (Å²) in [6.45, 7) is 1.02. The number of benzene rings is 1. The van der Waals surface area contributed by atoms with Gasteiger partial charge in [0, 0.05) is 24.0 Å². The molecule has 0 saturated carbocycles. The van der Waals surface area contributed by atoms with Gasteiger partial charge in [-0.3, -0.25) is 4.68 Å². The molecule has 1 atom stereocenters. The fourth-order valence-electron chi connectivity index (χ4n) is 2.56. The monoisotopic (exact) mass is 291 g/mol. The fraction of sp³-hybridized carbons (Fsp3) is 0.438. The maximum absolute atomic E-state index is 6.06. The molecule has 0 spiro atoms. The fourth-order valence-corrected chi connectivity index (χ4v) is 2.77. The second-order valence-corrected chi connectivity index (χ2v) is 5.68. The van der Waals surface area contributed by atoms with E-state index in [0.29, 0.717) is 5.92 Å². The van der Waals surface area contributed by atoms with Gasteiger partial charge in [-0.1, -0.05) is 23.7 Å². The van der Waals surface area contributed by atoms with E-state index >= 15 is 0 Å². The van der Waals surface area contributed by atoms with Crippen LogP contribution in [0.15, 0.2) is 36.5 Å². The SMILES string of the molecule is CNCC(CCc1ccnn1C)Cc1cccc(Cl)c1. The van der Waals surface area contributed by atoms with Crippen LogP contribution >= 0.6 is 11.6 Å². The Hall–Kier alpha value is -1.32. The lowest BCUT2D eigenvalue weighted by Gasteiger charge is -2.17. The van der Waals surface area contributed by atoms with Gasteiger partial charge in [0.2, 0.25) is 0 Å². The smallest absolute Gasteiger partial charge is 0.0492 e. The Labute approximate surface area is 126 Å². The maximum Gasteiger partial charge on any atom is 0.0492 e. The standard InChI is InChI=1S/C16H22ClN3/c1-18-12-14(6-7-16-8-9-19-20(16)2)10-13-4-3-5-15(17)11-13/h3-5,8-9,11,14,18H,6-7,10,12H2,1-2H3. The molecule has 0 radical (unpaired) electrons. The first-order valence-electron chi connectivity index (χ1n) is 7.05. The summed E-state index contributed by atoms with van der Waals surface area (Å²) in [5.41, 5.74) is 2.60. The molecule has 1 heterocycles. The summed E-state index contributed by atoms with van der Waals surface area (Å²) in [6.07, 6.45) is 5.12. The minimum Gasteiger partial charge on any atom is -0.319 e. The molecule has 1 N–H and O–H groups in total. The largest absolute Gasteiger partial charge is 0.319 e. The van der Waals surface area contributed by atoms with E-state index in [1.165, 1.54) is 11.3 Å². The molecule has 3 nitrogen and oxygen atoms in total. The molecule has 0 amide bonds. The number of halogens is 1. The zero-order chi connectivity index (χ0) is 14.4. The van der Waals surface area contributed by atoms with Crippen molar-refractivity contribution in [2.75, 3.05) is 13.6 Å². The Kier molecular flexibility index (Phi) is 5.62. The summed E-state index contributed by atoms with van der Waals surface area (Å²) in [5, 5.41) is 8.33. The second kappa shape index (κ2) is 7.46. The zero-order valence-corrected chi connectivity index (χ0v) is 12.9. The minimum absolute atomic E-state index is 0.605. The topological polar surface area (TPSA) is 29.9 Å². The summed E-state index contributed by atoms with van der Waals surface area (Å²) in [4.78, 5) is 0. The first-order chi connectivity index (χ1) is 9.69. The van der Waals surface area contributed by atoms with Crippen molar-refractivity contribution in [3.05, 3.63) is 52.8 Å². The molecule has 1 unspecified atom stereocenters. The van der Waals surface area contributed by atoms with Gasteiger partial charge < -0.3 is 5.32 Å². The van der Waals surface area contributed by atoms with Crippen LogP contribution in [0.1, 0.15) is 17.7 Å². The number of hydrogen-bond acceptors (Lipinski definition) is 2. The number of nitrogens with one attached hydrogen (secondary N) is 1. The number of aryl methyl sites for hydroxylation is 2. The van der Waals surface area contributed by atoms with Crippen molar-refractivity contribution in [2.45, 2.75) is 19.3 Å². The Bertz CT molecular complexity index is 536. The van der Waals surface area contributed by atoms with E-state index in [0.717, 1.165) is 30.8 Å². The number of aromatic nitrogens is 2.